The molecule has 210 valence electrons. The van der Waals surface area contributed by atoms with Crippen molar-refractivity contribution in [1.29, 1.82) is 0 Å². The van der Waals surface area contributed by atoms with E-state index < -0.39 is 13.3 Å². The molecule has 0 rings (SSSR count). The second kappa shape index (κ2) is 24.3. The van der Waals surface area contributed by atoms with Gasteiger partial charge in [0.2, 0.25) is 0 Å². The van der Waals surface area contributed by atoms with Gasteiger partial charge < -0.3 is 18.9 Å². The fraction of sp³-hybridized carbons (Fsp3) is 0.963. The minimum absolute atomic E-state index is 0.00736. The van der Waals surface area contributed by atoms with Crippen LogP contribution >= 0.6 is 19.4 Å². The molecule has 0 aliphatic heterocycles. The summed E-state index contributed by atoms with van der Waals surface area (Å²) in [4.78, 5) is 21.0. The van der Waals surface area contributed by atoms with Crippen molar-refractivity contribution >= 4 is 25.1 Å². The van der Waals surface area contributed by atoms with Crippen molar-refractivity contribution in [3.63, 3.8) is 0 Å². The van der Waals surface area contributed by atoms with E-state index in [2.05, 4.69) is 25.5 Å². The zero-order valence-electron chi connectivity index (χ0n) is 23.1. The van der Waals surface area contributed by atoms with Crippen LogP contribution in [0.3, 0.4) is 0 Å². The summed E-state index contributed by atoms with van der Waals surface area (Å²) >= 11 is 2.04. The fourth-order valence-corrected chi connectivity index (χ4v) is 6.06. The molecular weight excluding hydrogens is 483 g/mol. The zero-order chi connectivity index (χ0) is 26.2. The maximum Gasteiger partial charge on any atom is 0.435 e. The van der Waals surface area contributed by atoms with Gasteiger partial charge in [0.1, 0.15) is 0 Å². The Labute approximate surface area is 220 Å². The molecule has 0 fully saturated rings. The lowest BCUT2D eigenvalue weighted by Crippen LogP contribution is -2.25. The first-order chi connectivity index (χ1) is 16.9. The molecule has 0 saturated heterocycles. The molecule has 0 heterocycles. The van der Waals surface area contributed by atoms with Gasteiger partial charge >= 0.3 is 13.3 Å². The van der Waals surface area contributed by atoms with E-state index in [1.54, 1.807) is 6.92 Å². The highest BCUT2D eigenvalue weighted by Crippen LogP contribution is 2.44. The lowest BCUT2D eigenvalue weighted by molar-refractivity contribution is 0.0535. The predicted molar refractivity (Wildman–Crippen MR) is 150 cm³/mol. The molecule has 8 heteroatoms. The summed E-state index contributed by atoms with van der Waals surface area (Å²) in [5, 5.41) is 0.468. The van der Waals surface area contributed by atoms with Crippen LogP contribution in [0.4, 0.5) is 4.79 Å². The van der Waals surface area contributed by atoms with E-state index in [9.17, 15) is 14.3 Å². The van der Waals surface area contributed by atoms with E-state index in [0.717, 1.165) is 6.42 Å². The Morgan fingerprint density at radius 3 is 1.91 bits per heavy atom. The van der Waals surface area contributed by atoms with Crippen LogP contribution < -0.4 is 0 Å². The standard InChI is InChI=1S/C27H55O6PS/c1-5-8-10-12-13-14-15-17-19-24-35-26(21-18-16-11-9-6-2)25(4)32-22-20-23-33-34(29,30)27(28)31-7-3/h25-26H,5-24H2,1-4H3,(H,29,30). The van der Waals surface area contributed by atoms with Crippen LogP contribution in [0.15, 0.2) is 0 Å². The Morgan fingerprint density at radius 1 is 0.800 bits per heavy atom. The fourth-order valence-electron chi connectivity index (χ4n) is 3.93. The third-order valence-corrected chi connectivity index (χ3v) is 8.82. The molecule has 1 N–H and O–H groups in total. The molecule has 0 radical (unpaired) electrons. The first-order valence-corrected chi connectivity index (χ1v) is 16.9. The molecule has 0 aliphatic rings. The highest BCUT2D eigenvalue weighted by Gasteiger charge is 2.32. The summed E-state index contributed by atoms with van der Waals surface area (Å²) in [5.74, 6) is 1.18. The number of carbonyl (C=O) groups is 1. The largest absolute Gasteiger partial charge is 0.457 e. The molecule has 0 amide bonds. The van der Waals surface area contributed by atoms with Crippen molar-refractivity contribution in [1.82, 2.24) is 0 Å². The second-order valence-electron chi connectivity index (χ2n) is 9.42. The quantitative estimate of drug-likeness (QED) is 0.0868. The average Bonchev–Trinajstić information content (AvgIpc) is 2.83. The molecule has 0 bridgehead atoms. The summed E-state index contributed by atoms with van der Waals surface area (Å²) in [5.41, 5.74) is -1.19. The SMILES string of the molecule is CCCCCCCCCCCSC(CCCCCCC)C(C)OCCCOP(=O)(O)C(=O)OCC. The number of rotatable bonds is 26. The van der Waals surface area contributed by atoms with Gasteiger partial charge in [-0.25, -0.2) is 9.36 Å². The van der Waals surface area contributed by atoms with Crippen molar-refractivity contribution < 1.29 is 28.3 Å². The van der Waals surface area contributed by atoms with Crippen molar-refractivity contribution in [3.8, 4) is 0 Å². The lowest BCUT2D eigenvalue weighted by Gasteiger charge is -2.24. The van der Waals surface area contributed by atoms with Crippen LogP contribution in [-0.2, 0) is 18.6 Å². The summed E-state index contributed by atoms with van der Waals surface area (Å²) in [6.45, 7) is 8.70. The number of carbonyl (C=O) groups excluding carboxylic acids is 1. The molecule has 0 aromatic rings. The molecular formula is C27H55O6PS. The van der Waals surface area contributed by atoms with E-state index in [-0.39, 0.29) is 19.3 Å². The lowest BCUT2D eigenvalue weighted by atomic mass is 10.1. The van der Waals surface area contributed by atoms with E-state index in [1.807, 2.05) is 11.8 Å². The van der Waals surface area contributed by atoms with Crippen LogP contribution in [0.1, 0.15) is 130 Å². The smallest absolute Gasteiger partial charge is 0.435 e. The number of unbranched alkanes of at least 4 members (excludes halogenated alkanes) is 12. The van der Waals surface area contributed by atoms with Crippen LogP contribution in [0.5, 0.6) is 0 Å². The van der Waals surface area contributed by atoms with Gasteiger partial charge in [-0.2, -0.15) is 11.8 Å². The molecule has 0 aromatic carbocycles. The van der Waals surface area contributed by atoms with Gasteiger partial charge in [-0.1, -0.05) is 97.3 Å². The summed E-state index contributed by atoms with van der Waals surface area (Å²) < 4.78 is 27.3. The summed E-state index contributed by atoms with van der Waals surface area (Å²) in [6, 6.07) is 0. The topological polar surface area (TPSA) is 82.1 Å². The average molecular weight is 539 g/mol. The normalized spacial score (nSPS) is 15.0. The van der Waals surface area contributed by atoms with Crippen LogP contribution in [0.25, 0.3) is 0 Å². The maximum atomic E-state index is 11.8. The van der Waals surface area contributed by atoms with Crippen LogP contribution in [-0.4, -0.2) is 47.5 Å². The van der Waals surface area contributed by atoms with Gasteiger partial charge in [-0.15, -0.1) is 0 Å². The molecule has 6 nitrogen and oxygen atoms in total. The van der Waals surface area contributed by atoms with Crippen molar-refractivity contribution in [3.05, 3.63) is 0 Å². The van der Waals surface area contributed by atoms with Crippen LogP contribution in [0, 0.1) is 0 Å². The van der Waals surface area contributed by atoms with Gasteiger partial charge in [0, 0.05) is 11.9 Å². The minimum Gasteiger partial charge on any atom is -0.457 e. The van der Waals surface area contributed by atoms with Gasteiger partial charge in [-0.05, 0) is 38.9 Å². The van der Waals surface area contributed by atoms with E-state index in [0.29, 0.717) is 18.3 Å². The predicted octanol–water partition coefficient (Wildman–Crippen LogP) is 9.13. The number of ether oxygens (including phenoxy) is 2. The second-order valence-corrected chi connectivity index (χ2v) is 12.4. The zero-order valence-corrected chi connectivity index (χ0v) is 24.9. The molecule has 0 aromatic heterocycles. The summed E-state index contributed by atoms with van der Waals surface area (Å²) in [6.07, 6.45) is 20.3. The van der Waals surface area contributed by atoms with Crippen molar-refractivity contribution in [2.24, 2.45) is 0 Å². The Bertz CT molecular complexity index is 534. The first-order valence-electron chi connectivity index (χ1n) is 14.3. The molecule has 0 saturated carbocycles. The highest BCUT2D eigenvalue weighted by molar-refractivity contribution is 7.99. The van der Waals surface area contributed by atoms with Crippen molar-refractivity contribution in [2.75, 3.05) is 25.6 Å². The number of thioether (sulfide) groups is 1. The summed E-state index contributed by atoms with van der Waals surface area (Å²) in [7, 11) is -4.36. The number of hydrogen-bond donors (Lipinski definition) is 1. The molecule has 35 heavy (non-hydrogen) atoms. The van der Waals surface area contributed by atoms with E-state index in [1.165, 1.54) is 95.6 Å². The molecule has 0 aliphatic carbocycles. The molecule has 3 unspecified atom stereocenters. The van der Waals surface area contributed by atoms with Gasteiger partial charge in [0.25, 0.3) is 0 Å². The third kappa shape index (κ3) is 20.6. The molecule has 0 spiro atoms. The Kier molecular flexibility index (Phi) is 24.2. The van der Waals surface area contributed by atoms with E-state index >= 15 is 0 Å². The first kappa shape index (κ1) is 34.9. The monoisotopic (exact) mass is 538 g/mol. The van der Waals surface area contributed by atoms with Gasteiger partial charge in [-0.3, -0.25) is 0 Å². The minimum atomic E-state index is -4.36. The van der Waals surface area contributed by atoms with Crippen molar-refractivity contribution in [2.45, 2.75) is 142 Å². The Hall–Kier alpha value is -0.0700. The third-order valence-electron chi connectivity index (χ3n) is 6.13. The van der Waals surface area contributed by atoms with Crippen LogP contribution in [0.2, 0.25) is 0 Å². The van der Waals surface area contributed by atoms with Gasteiger partial charge in [0.15, 0.2) is 0 Å². The maximum absolute atomic E-state index is 11.8. The number of hydrogen-bond acceptors (Lipinski definition) is 6. The Balaban J connectivity index is 4.21. The highest BCUT2D eigenvalue weighted by atomic mass is 32.2. The van der Waals surface area contributed by atoms with E-state index in [4.69, 9.17) is 9.26 Å². The Morgan fingerprint density at radius 2 is 1.34 bits per heavy atom. The van der Waals surface area contributed by atoms with Gasteiger partial charge in [0.05, 0.1) is 19.3 Å². The molecule has 3 atom stereocenters.